The van der Waals surface area contributed by atoms with Crippen LogP contribution in [0.3, 0.4) is 0 Å². The Balaban J connectivity index is 1.29. The van der Waals surface area contributed by atoms with Crippen LogP contribution in [-0.4, -0.2) is 35.0 Å². The van der Waals surface area contributed by atoms with E-state index in [1.54, 1.807) is 0 Å². The van der Waals surface area contributed by atoms with Gasteiger partial charge in [0.05, 0.1) is 18.6 Å². The van der Waals surface area contributed by atoms with Crippen molar-refractivity contribution in [3.63, 3.8) is 0 Å². The molecule has 1 aliphatic rings. The fraction of sp³-hybridized carbons (Fsp3) is 0.130. The van der Waals surface area contributed by atoms with E-state index in [-0.39, 0.29) is 12.0 Å². The van der Waals surface area contributed by atoms with E-state index in [2.05, 4.69) is 4.98 Å². The van der Waals surface area contributed by atoms with Gasteiger partial charge in [0.2, 0.25) is 5.88 Å². The van der Waals surface area contributed by atoms with Crippen LogP contribution in [0.2, 0.25) is 0 Å². The summed E-state index contributed by atoms with van der Waals surface area (Å²) >= 11 is 0. The van der Waals surface area contributed by atoms with Gasteiger partial charge in [-0.2, -0.15) is 0 Å². The molecule has 0 radical (unpaired) electrons. The first-order chi connectivity index (χ1) is 13.3. The number of hydrogen-bond donors (Lipinski definition) is 0. The van der Waals surface area contributed by atoms with Crippen molar-refractivity contribution in [3.05, 3.63) is 84.4 Å². The number of rotatable bonds is 3. The molecule has 5 rings (SSSR count). The van der Waals surface area contributed by atoms with E-state index in [1.807, 2.05) is 83.8 Å². The first kappa shape index (κ1) is 15.8. The number of hydrogen-bond acceptors (Lipinski definition) is 3. The van der Waals surface area contributed by atoms with Gasteiger partial charge in [-0.3, -0.25) is 4.79 Å². The number of fused-ring (bicyclic) bond motifs is 2. The molecule has 2 heterocycles. The third-order valence-corrected chi connectivity index (χ3v) is 5.02. The monoisotopic (exact) mass is 354 g/mol. The van der Waals surface area contributed by atoms with Crippen LogP contribution in [0.15, 0.2) is 78.9 Å². The van der Waals surface area contributed by atoms with Crippen molar-refractivity contribution in [2.45, 2.75) is 6.10 Å². The Morgan fingerprint density at radius 3 is 2.48 bits per heavy atom. The van der Waals surface area contributed by atoms with Gasteiger partial charge in [0, 0.05) is 17.0 Å². The third kappa shape index (κ3) is 2.89. The normalized spacial score (nSPS) is 14.3. The van der Waals surface area contributed by atoms with Crippen LogP contribution in [0, 0.1) is 0 Å². The maximum atomic E-state index is 12.9. The van der Waals surface area contributed by atoms with Crippen LogP contribution < -0.4 is 4.74 Å². The molecule has 1 fully saturated rings. The predicted molar refractivity (Wildman–Crippen MR) is 106 cm³/mol. The summed E-state index contributed by atoms with van der Waals surface area (Å²) in [6.07, 6.45) is -0.0161. The van der Waals surface area contributed by atoms with Gasteiger partial charge >= 0.3 is 0 Å². The SMILES string of the molecule is O=C(c1cccc2ccccc12)N1CC(Oc2ccc3ccccc3n2)C1. The molecule has 1 aromatic heterocycles. The Bertz CT molecular complexity index is 1140. The Morgan fingerprint density at radius 1 is 0.852 bits per heavy atom. The molecule has 0 atom stereocenters. The average Bonchev–Trinajstić information content (AvgIpc) is 2.69. The molecule has 1 saturated heterocycles. The summed E-state index contributed by atoms with van der Waals surface area (Å²) in [5, 5.41) is 3.16. The van der Waals surface area contributed by atoms with Crippen molar-refractivity contribution in [3.8, 4) is 5.88 Å². The molecule has 0 unspecified atom stereocenters. The number of carbonyl (C=O) groups is 1. The highest BCUT2D eigenvalue weighted by Crippen LogP contribution is 2.24. The van der Waals surface area contributed by atoms with Crippen molar-refractivity contribution in [1.29, 1.82) is 0 Å². The second-order valence-corrected chi connectivity index (χ2v) is 6.82. The minimum Gasteiger partial charge on any atom is -0.471 e. The molecule has 4 heteroatoms. The molecule has 1 amide bonds. The minimum absolute atomic E-state index is 0.0161. The van der Waals surface area contributed by atoms with Crippen LogP contribution in [0.4, 0.5) is 0 Å². The van der Waals surface area contributed by atoms with Gasteiger partial charge in [0.1, 0.15) is 6.10 Å². The number of amides is 1. The highest BCUT2D eigenvalue weighted by molar-refractivity contribution is 6.07. The maximum absolute atomic E-state index is 12.9. The molecule has 4 nitrogen and oxygen atoms in total. The predicted octanol–water partition coefficient (Wildman–Crippen LogP) is 4.29. The highest BCUT2D eigenvalue weighted by atomic mass is 16.5. The Hall–Kier alpha value is -3.40. The molecule has 132 valence electrons. The molecule has 0 saturated carbocycles. The zero-order valence-electron chi connectivity index (χ0n) is 14.7. The molecule has 0 spiro atoms. The van der Waals surface area contributed by atoms with Gasteiger partial charge in [-0.05, 0) is 29.0 Å². The smallest absolute Gasteiger partial charge is 0.254 e. The standard InChI is InChI=1S/C23H18N2O2/c26-23(20-10-5-8-16-6-1-3-9-19(16)20)25-14-18(15-25)27-22-13-12-17-7-2-4-11-21(17)24-22/h1-13,18H,14-15H2. The van der Waals surface area contributed by atoms with E-state index in [9.17, 15) is 4.79 Å². The summed E-state index contributed by atoms with van der Waals surface area (Å²) in [4.78, 5) is 19.2. The van der Waals surface area contributed by atoms with E-state index in [0.717, 1.165) is 27.2 Å². The fourth-order valence-corrected chi connectivity index (χ4v) is 3.54. The number of pyridine rings is 1. The van der Waals surface area contributed by atoms with Gasteiger partial charge in [-0.25, -0.2) is 4.98 Å². The van der Waals surface area contributed by atoms with Crippen LogP contribution in [0.5, 0.6) is 5.88 Å². The molecular weight excluding hydrogens is 336 g/mol. The van der Waals surface area contributed by atoms with Crippen LogP contribution >= 0.6 is 0 Å². The first-order valence-electron chi connectivity index (χ1n) is 9.07. The summed E-state index contributed by atoms with van der Waals surface area (Å²) < 4.78 is 5.96. The Labute approximate surface area is 157 Å². The van der Waals surface area contributed by atoms with E-state index < -0.39 is 0 Å². The quantitative estimate of drug-likeness (QED) is 0.551. The van der Waals surface area contributed by atoms with Crippen molar-refractivity contribution < 1.29 is 9.53 Å². The lowest BCUT2D eigenvalue weighted by atomic mass is 10.0. The average molecular weight is 354 g/mol. The van der Waals surface area contributed by atoms with Gasteiger partial charge in [-0.15, -0.1) is 0 Å². The largest absolute Gasteiger partial charge is 0.471 e. The Morgan fingerprint density at radius 2 is 1.59 bits per heavy atom. The molecule has 0 bridgehead atoms. The summed E-state index contributed by atoms with van der Waals surface area (Å²) in [6.45, 7) is 1.16. The van der Waals surface area contributed by atoms with Crippen molar-refractivity contribution in [2.24, 2.45) is 0 Å². The fourth-order valence-electron chi connectivity index (χ4n) is 3.54. The second kappa shape index (κ2) is 6.40. The van der Waals surface area contributed by atoms with E-state index in [0.29, 0.717) is 19.0 Å². The summed E-state index contributed by atoms with van der Waals surface area (Å²) in [7, 11) is 0. The third-order valence-electron chi connectivity index (χ3n) is 5.02. The van der Waals surface area contributed by atoms with Crippen LogP contribution in [0.1, 0.15) is 10.4 Å². The molecule has 27 heavy (non-hydrogen) atoms. The lowest BCUT2D eigenvalue weighted by Crippen LogP contribution is -2.56. The van der Waals surface area contributed by atoms with Gasteiger partial charge in [0.25, 0.3) is 5.91 Å². The number of carbonyl (C=O) groups excluding carboxylic acids is 1. The summed E-state index contributed by atoms with van der Waals surface area (Å²) in [6, 6.07) is 25.7. The molecular formula is C23H18N2O2. The molecule has 4 aromatic rings. The second-order valence-electron chi connectivity index (χ2n) is 6.82. The topological polar surface area (TPSA) is 42.4 Å². The van der Waals surface area contributed by atoms with Crippen LogP contribution in [0.25, 0.3) is 21.7 Å². The van der Waals surface area contributed by atoms with Crippen LogP contribution in [-0.2, 0) is 0 Å². The number of ether oxygens (including phenoxy) is 1. The lowest BCUT2D eigenvalue weighted by Gasteiger charge is -2.38. The summed E-state index contributed by atoms with van der Waals surface area (Å²) in [5.74, 6) is 0.661. The first-order valence-corrected chi connectivity index (χ1v) is 9.07. The molecule has 1 aliphatic heterocycles. The van der Waals surface area contributed by atoms with Gasteiger partial charge < -0.3 is 9.64 Å². The highest BCUT2D eigenvalue weighted by Gasteiger charge is 2.33. The van der Waals surface area contributed by atoms with Crippen molar-refractivity contribution in [1.82, 2.24) is 9.88 Å². The zero-order valence-corrected chi connectivity index (χ0v) is 14.7. The molecule has 0 N–H and O–H groups in total. The Kier molecular flexibility index (Phi) is 3.75. The van der Waals surface area contributed by atoms with Crippen molar-refractivity contribution >= 4 is 27.6 Å². The molecule has 0 aliphatic carbocycles. The lowest BCUT2D eigenvalue weighted by molar-refractivity contribution is 0.0163. The van der Waals surface area contributed by atoms with Gasteiger partial charge in [-0.1, -0.05) is 54.6 Å². The van der Waals surface area contributed by atoms with E-state index in [1.165, 1.54) is 0 Å². The number of benzene rings is 3. The maximum Gasteiger partial charge on any atom is 0.254 e. The van der Waals surface area contributed by atoms with Crippen molar-refractivity contribution in [2.75, 3.05) is 13.1 Å². The number of aromatic nitrogens is 1. The summed E-state index contributed by atoms with van der Waals surface area (Å²) in [5.41, 5.74) is 1.66. The minimum atomic E-state index is -0.0161. The number of nitrogens with zero attached hydrogens (tertiary/aromatic N) is 2. The number of likely N-dealkylation sites (tertiary alicyclic amines) is 1. The van der Waals surface area contributed by atoms with E-state index >= 15 is 0 Å². The molecule has 3 aromatic carbocycles. The van der Waals surface area contributed by atoms with Gasteiger partial charge in [0.15, 0.2) is 0 Å². The number of para-hydroxylation sites is 1. The van der Waals surface area contributed by atoms with E-state index in [4.69, 9.17) is 4.74 Å². The zero-order chi connectivity index (χ0) is 18.2.